The predicted molar refractivity (Wildman–Crippen MR) is 62.5 cm³/mol. The number of hydrogen-bond donors (Lipinski definition) is 1. The van der Waals surface area contributed by atoms with Gasteiger partial charge in [-0.25, -0.2) is 0 Å². The van der Waals surface area contributed by atoms with Gasteiger partial charge in [-0.15, -0.1) is 0 Å². The van der Waals surface area contributed by atoms with Crippen molar-refractivity contribution in [3.63, 3.8) is 0 Å². The second-order valence-corrected chi connectivity index (χ2v) is 6.43. The zero-order chi connectivity index (χ0) is 9.99. The Hall–Kier alpha value is -0.340. The lowest BCUT2D eigenvalue weighted by molar-refractivity contribution is 0.418. The molecule has 5 atom stereocenters. The molecular formula is C13H17NS. The molecule has 0 spiro atoms. The Morgan fingerprint density at radius 1 is 1.27 bits per heavy atom. The summed E-state index contributed by atoms with van der Waals surface area (Å²) >= 11 is 1.78. The molecule has 3 aliphatic carbocycles. The SMILES string of the molecule is NC(c1ccsc1)C1C2C3CCC(C3)C21. The molecule has 3 aliphatic rings. The molecule has 1 aromatic rings. The fraction of sp³-hybridized carbons (Fsp3) is 0.692. The van der Waals surface area contributed by atoms with E-state index < -0.39 is 0 Å². The van der Waals surface area contributed by atoms with E-state index in [0.717, 1.165) is 29.6 Å². The van der Waals surface area contributed by atoms with E-state index in [2.05, 4.69) is 16.8 Å². The summed E-state index contributed by atoms with van der Waals surface area (Å²) < 4.78 is 0. The van der Waals surface area contributed by atoms with Crippen molar-refractivity contribution in [3.8, 4) is 0 Å². The first kappa shape index (κ1) is 8.77. The van der Waals surface area contributed by atoms with Crippen LogP contribution in [-0.4, -0.2) is 0 Å². The summed E-state index contributed by atoms with van der Waals surface area (Å²) in [5.74, 6) is 4.97. The highest BCUT2D eigenvalue weighted by Gasteiger charge is 2.66. The molecule has 80 valence electrons. The lowest BCUT2D eigenvalue weighted by Crippen LogP contribution is -2.16. The third-order valence-corrected chi connectivity index (χ3v) is 5.84. The summed E-state index contributed by atoms with van der Waals surface area (Å²) in [4.78, 5) is 0. The van der Waals surface area contributed by atoms with Crippen molar-refractivity contribution in [2.24, 2.45) is 35.3 Å². The molecule has 0 aliphatic heterocycles. The molecule has 0 saturated heterocycles. The third kappa shape index (κ3) is 1.07. The van der Waals surface area contributed by atoms with Crippen molar-refractivity contribution in [2.45, 2.75) is 25.3 Å². The molecule has 3 saturated carbocycles. The Morgan fingerprint density at radius 2 is 2.00 bits per heavy atom. The van der Waals surface area contributed by atoms with E-state index in [0.29, 0.717) is 6.04 Å². The highest BCUT2D eigenvalue weighted by molar-refractivity contribution is 7.07. The number of fused-ring (bicyclic) bond motifs is 5. The van der Waals surface area contributed by atoms with Gasteiger partial charge in [0, 0.05) is 6.04 Å². The van der Waals surface area contributed by atoms with E-state index in [-0.39, 0.29) is 0 Å². The van der Waals surface area contributed by atoms with Crippen LogP contribution in [0.3, 0.4) is 0 Å². The standard InChI is InChI=1S/C13H17NS/c14-13(9-3-4-15-6-9)12-10-7-1-2-8(5-7)11(10)12/h3-4,6-8,10-13H,1-2,5,14H2. The van der Waals surface area contributed by atoms with Gasteiger partial charge in [0.25, 0.3) is 0 Å². The van der Waals surface area contributed by atoms with Gasteiger partial charge < -0.3 is 5.73 Å². The summed E-state index contributed by atoms with van der Waals surface area (Å²) in [5, 5.41) is 4.39. The van der Waals surface area contributed by atoms with Crippen molar-refractivity contribution in [1.29, 1.82) is 0 Å². The van der Waals surface area contributed by atoms with Crippen LogP contribution in [0.2, 0.25) is 0 Å². The minimum Gasteiger partial charge on any atom is -0.324 e. The molecule has 15 heavy (non-hydrogen) atoms. The predicted octanol–water partition coefficient (Wildman–Crippen LogP) is 3.04. The summed E-state index contributed by atoms with van der Waals surface area (Å²) in [6.45, 7) is 0. The van der Waals surface area contributed by atoms with E-state index in [1.54, 1.807) is 11.3 Å². The molecule has 1 aromatic heterocycles. The van der Waals surface area contributed by atoms with Gasteiger partial charge in [0.15, 0.2) is 0 Å². The third-order valence-electron chi connectivity index (χ3n) is 5.14. The Balaban J connectivity index is 1.58. The maximum Gasteiger partial charge on any atom is 0.0337 e. The Bertz CT molecular complexity index is 356. The van der Waals surface area contributed by atoms with Gasteiger partial charge in [0.05, 0.1) is 0 Å². The van der Waals surface area contributed by atoms with Crippen LogP contribution in [0.1, 0.15) is 30.9 Å². The van der Waals surface area contributed by atoms with Crippen LogP contribution in [-0.2, 0) is 0 Å². The topological polar surface area (TPSA) is 26.0 Å². The summed E-state index contributed by atoms with van der Waals surface area (Å²) in [7, 11) is 0. The van der Waals surface area contributed by atoms with Crippen LogP contribution in [0.25, 0.3) is 0 Å². The molecule has 2 N–H and O–H groups in total. The van der Waals surface area contributed by atoms with Crippen molar-refractivity contribution in [1.82, 2.24) is 0 Å². The molecule has 3 fully saturated rings. The monoisotopic (exact) mass is 219 g/mol. The molecule has 0 aromatic carbocycles. The average Bonchev–Trinajstić information content (AvgIpc) is 2.70. The van der Waals surface area contributed by atoms with E-state index in [4.69, 9.17) is 5.73 Å². The average molecular weight is 219 g/mol. The van der Waals surface area contributed by atoms with Crippen molar-refractivity contribution >= 4 is 11.3 Å². The lowest BCUT2D eigenvalue weighted by Gasteiger charge is -2.14. The van der Waals surface area contributed by atoms with Crippen LogP contribution in [0, 0.1) is 29.6 Å². The zero-order valence-electron chi connectivity index (χ0n) is 8.80. The first-order chi connectivity index (χ1) is 7.36. The second-order valence-electron chi connectivity index (χ2n) is 5.65. The van der Waals surface area contributed by atoms with Crippen molar-refractivity contribution < 1.29 is 0 Å². The minimum atomic E-state index is 0.342. The fourth-order valence-corrected chi connectivity index (χ4v) is 5.27. The highest BCUT2D eigenvalue weighted by Crippen LogP contribution is 2.71. The molecule has 0 amide bonds. The number of hydrogen-bond acceptors (Lipinski definition) is 2. The lowest BCUT2D eigenvalue weighted by atomic mass is 9.95. The molecule has 2 heteroatoms. The fourth-order valence-electron chi connectivity index (χ4n) is 4.56. The minimum absolute atomic E-state index is 0.342. The quantitative estimate of drug-likeness (QED) is 0.813. The number of rotatable bonds is 2. The molecule has 4 rings (SSSR count). The normalized spacial score (nSPS) is 47.9. The number of thiophene rings is 1. The molecule has 1 heterocycles. The first-order valence-electron chi connectivity index (χ1n) is 6.14. The Morgan fingerprint density at radius 3 is 2.60 bits per heavy atom. The molecule has 5 unspecified atom stereocenters. The van der Waals surface area contributed by atoms with E-state index >= 15 is 0 Å². The van der Waals surface area contributed by atoms with Gasteiger partial charge in [0.2, 0.25) is 0 Å². The van der Waals surface area contributed by atoms with Gasteiger partial charge in [-0.1, -0.05) is 0 Å². The van der Waals surface area contributed by atoms with Crippen LogP contribution < -0.4 is 5.73 Å². The number of nitrogens with two attached hydrogens (primary N) is 1. The first-order valence-corrected chi connectivity index (χ1v) is 7.08. The van der Waals surface area contributed by atoms with E-state index in [1.165, 1.54) is 24.8 Å². The summed E-state index contributed by atoms with van der Waals surface area (Å²) in [6.07, 6.45) is 4.53. The van der Waals surface area contributed by atoms with Crippen LogP contribution in [0.15, 0.2) is 16.8 Å². The second kappa shape index (κ2) is 2.86. The Kier molecular flexibility index (Phi) is 1.67. The molecule has 0 radical (unpaired) electrons. The van der Waals surface area contributed by atoms with Crippen LogP contribution in [0.5, 0.6) is 0 Å². The van der Waals surface area contributed by atoms with Gasteiger partial charge >= 0.3 is 0 Å². The summed E-state index contributed by atoms with van der Waals surface area (Å²) in [6, 6.07) is 2.56. The molecule has 1 nitrogen and oxygen atoms in total. The van der Waals surface area contributed by atoms with Gasteiger partial charge in [-0.3, -0.25) is 0 Å². The maximum atomic E-state index is 6.39. The molecule has 2 bridgehead atoms. The highest BCUT2D eigenvalue weighted by atomic mass is 32.1. The van der Waals surface area contributed by atoms with Crippen LogP contribution in [0.4, 0.5) is 0 Å². The Labute approximate surface area is 94.7 Å². The van der Waals surface area contributed by atoms with Crippen LogP contribution >= 0.6 is 11.3 Å². The van der Waals surface area contributed by atoms with Gasteiger partial charge in [-0.05, 0) is 71.2 Å². The molecular weight excluding hydrogens is 202 g/mol. The van der Waals surface area contributed by atoms with Gasteiger partial charge in [-0.2, -0.15) is 11.3 Å². The summed E-state index contributed by atoms with van der Waals surface area (Å²) in [5.41, 5.74) is 7.78. The maximum absolute atomic E-state index is 6.39. The van der Waals surface area contributed by atoms with Crippen molar-refractivity contribution in [3.05, 3.63) is 22.4 Å². The van der Waals surface area contributed by atoms with Gasteiger partial charge in [0.1, 0.15) is 0 Å². The van der Waals surface area contributed by atoms with E-state index in [1.807, 2.05) is 0 Å². The van der Waals surface area contributed by atoms with E-state index in [9.17, 15) is 0 Å². The smallest absolute Gasteiger partial charge is 0.0337 e. The zero-order valence-corrected chi connectivity index (χ0v) is 9.62. The largest absolute Gasteiger partial charge is 0.324 e. The van der Waals surface area contributed by atoms with Crippen molar-refractivity contribution in [2.75, 3.05) is 0 Å².